The number of aliphatic imine (C=N–C) groups is 1. The van der Waals surface area contributed by atoms with Crippen LogP contribution in [0.15, 0.2) is 34.2 Å². The van der Waals surface area contributed by atoms with Crippen LogP contribution in [0.1, 0.15) is 6.92 Å². The molecule has 0 aliphatic rings. The molecule has 0 amide bonds. The fourth-order valence-corrected chi connectivity index (χ4v) is 3.31. The number of thioether (sulfide) groups is 1. The second kappa shape index (κ2) is 13.0. The van der Waals surface area contributed by atoms with E-state index in [4.69, 9.17) is 11.6 Å². The quantitative estimate of drug-likeness (QED) is 0.207. The smallest absolute Gasteiger partial charge is 0.240 e. The molecule has 138 valence electrons. The van der Waals surface area contributed by atoms with Gasteiger partial charge in [0, 0.05) is 30.4 Å². The number of nitrogens with one attached hydrogen (secondary N) is 3. The fraction of sp³-hybridized carbons (Fsp3) is 0.500. The molecule has 1 rings (SSSR count). The highest BCUT2D eigenvalue weighted by atomic mass is 127. The molecule has 6 nitrogen and oxygen atoms in total. The molecule has 0 saturated heterocycles. The van der Waals surface area contributed by atoms with Gasteiger partial charge in [-0.25, -0.2) is 13.1 Å². The summed E-state index contributed by atoms with van der Waals surface area (Å²) in [6.07, 6.45) is 2.04. The lowest BCUT2D eigenvalue weighted by molar-refractivity contribution is 0.582. The maximum atomic E-state index is 12.1. The minimum Gasteiger partial charge on any atom is -0.357 e. The van der Waals surface area contributed by atoms with E-state index in [9.17, 15) is 8.42 Å². The molecule has 3 N–H and O–H groups in total. The maximum absolute atomic E-state index is 12.1. The second-order valence-corrected chi connectivity index (χ2v) is 7.72. The van der Waals surface area contributed by atoms with Crippen molar-refractivity contribution in [2.45, 2.75) is 11.8 Å². The minimum atomic E-state index is -3.56. The Balaban J connectivity index is 0.00000529. The molecular formula is C14H24ClIN4O2S2. The zero-order chi connectivity index (χ0) is 17.1. The van der Waals surface area contributed by atoms with Crippen molar-refractivity contribution in [2.24, 2.45) is 4.99 Å². The molecule has 0 unspecified atom stereocenters. The Hall–Kier alpha value is -0.230. The van der Waals surface area contributed by atoms with Crippen LogP contribution in [0, 0.1) is 0 Å². The van der Waals surface area contributed by atoms with E-state index in [-0.39, 0.29) is 35.4 Å². The van der Waals surface area contributed by atoms with Crippen LogP contribution in [-0.2, 0) is 10.0 Å². The molecule has 0 aromatic heterocycles. The molecule has 1 aromatic carbocycles. The summed E-state index contributed by atoms with van der Waals surface area (Å²) in [5.41, 5.74) is 0. The summed E-state index contributed by atoms with van der Waals surface area (Å²) < 4.78 is 26.7. The van der Waals surface area contributed by atoms with E-state index in [1.54, 1.807) is 23.9 Å². The molecule has 0 heterocycles. The first-order valence-corrected chi connectivity index (χ1v) is 10.5. The molecule has 0 atom stereocenters. The van der Waals surface area contributed by atoms with Crippen LogP contribution in [0.5, 0.6) is 0 Å². The first-order chi connectivity index (χ1) is 11.0. The molecule has 0 radical (unpaired) electrons. The van der Waals surface area contributed by atoms with Gasteiger partial charge in [0.05, 0.1) is 11.4 Å². The maximum Gasteiger partial charge on any atom is 0.240 e. The van der Waals surface area contributed by atoms with Crippen LogP contribution < -0.4 is 15.4 Å². The largest absolute Gasteiger partial charge is 0.357 e. The fourth-order valence-electron chi connectivity index (χ4n) is 1.68. The summed E-state index contributed by atoms with van der Waals surface area (Å²) in [6, 6.07) is 6.16. The third-order valence-electron chi connectivity index (χ3n) is 2.72. The number of guanidine groups is 1. The van der Waals surface area contributed by atoms with E-state index in [0.29, 0.717) is 17.5 Å². The van der Waals surface area contributed by atoms with Crippen molar-refractivity contribution in [3.63, 3.8) is 0 Å². The Morgan fingerprint density at radius 1 is 1.29 bits per heavy atom. The van der Waals surface area contributed by atoms with Gasteiger partial charge in [0.15, 0.2) is 5.96 Å². The molecular weight excluding hydrogens is 483 g/mol. The minimum absolute atomic E-state index is 0. The van der Waals surface area contributed by atoms with Crippen LogP contribution in [0.4, 0.5) is 0 Å². The standard InChI is InChI=1S/C14H23ClN4O2S2.HI/c1-3-16-14(18-9-10-22-2)17-7-8-19-23(20,21)13-6-4-5-12(15)11-13;/h4-6,11,19H,3,7-10H2,1-2H3,(H2,16,17,18);1H. The molecule has 0 saturated carbocycles. The third-order valence-corrected chi connectivity index (χ3v) is 5.03. The number of hydrogen-bond acceptors (Lipinski definition) is 4. The third kappa shape index (κ3) is 9.30. The lowest BCUT2D eigenvalue weighted by Crippen LogP contribution is -2.39. The lowest BCUT2D eigenvalue weighted by Gasteiger charge is -2.11. The van der Waals surface area contributed by atoms with Gasteiger partial charge in [-0.15, -0.1) is 24.0 Å². The van der Waals surface area contributed by atoms with Crippen LogP contribution in [0.3, 0.4) is 0 Å². The van der Waals surface area contributed by atoms with Crippen molar-refractivity contribution in [3.05, 3.63) is 29.3 Å². The van der Waals surface area contributed by atoms with Crippen LogP contribution in [0.25, 0.3) is 0 Å². The van der Waals surface area contributed by atoms with Crippen LogP contribution in [-0.4, -0.2) is 52.6 Å². The Kier molecular flexibility index (Phi) is 12.9. The molecule has 0 spiro atoms. The van der Waals surface area contributed by atoms with Gasteiger partial charge in [0.25, 0.3) is 0 Å². The molecule has 0 bridgehead atoms. The number of sulfonamides is 1. The molecule has 0 aliphatic heterocycles. The predicted molar refractivity (Wildman–Crippen MR) is 114 cm³/mol. The number of benzene rings is 1. The highest BCUT2D eigenvalue weighted by molar-refractivity contribution is 14.0. The molecule has 10 heteroatoms. The summed E-state index contributed by atoms with van der Waals surface area (Å²) in [7, 11) is -3.56. The summed E-state index contributed by atoms with van der Waals surface area (Å²) in [5, 5.41) is 6.68. The van der Waals surface area contributed by atoms with Gasteiger partial charge in [-0.05, 0) is 31.4 Å². The van der Waals surface area contributed by atoms with Crippen LogP contribution >= 0.6 is 47.3 Å². The average molecular weight is 507 g/mol. The van der Waals surface area contributed by atoms with Gasteiger partial charge in [-0.2, -0.15) is 11.8 Å². The topological polar surface area (TPSA) is 82.6 Å². The van der Waals surface area contributed by atoms with Crippen molar-refractivity contribution in [3.8, 4) is 0 Å². The zero-order valence-corrected chi connectivity index (χ0v) is 18.4. The molecule has 24 heavy (non-hydrogen) atoms. The number of hydrogen-bond donors (Lipinski definition) is 3. The van der Waals surface area contributed by atoms with E-state index in [2.05, 4.69) is 20.3 Å². The van der Waals surface area contributed by atoms with Gasteiger partial charge in [-0.1, -0.05) is 17.7 Å². The van der Waals surface area contributed by atoms with Crippen molar-refractivity contribution in [1.29, 1.82) is 0 Å². The normalized spacial score (nSPS) is 11.7. The van der Waals surface area contributed by atoms with E-state index in [0.717, 1.165) is 18.8 Å². The number of halogens is 2. The first-order valence-electron chi connectivity index (χ1n) is 7.26. The van der Waals surface area contributed by atoms with Gasteiger partial charge in [0.1, 0.15) is 0 Å². The van der Waals surface area contributed by atoms with Crippen molar-refractivity contribution in [2.75, 3.05) is 38.2 Å². The number of nitrogens with zero attached hydrogens (tertiary/aromatic N) is 1. The Morgan fingerprint density at radius 3 is 2.67 bits per heavy atom. The van der Waals surface area contributed by atoms with Crippen molar-refractivity contribution in [1.82, 2.24) is 15.4 Å². The second-order valence-electron chi connectivity index (χ2n) is 4.54. The van der Waals surface area contributed by atoms with Gasteiger partial charge in [-0.3, -0.25) is 4.99 Å². The van der Waals surface area contributed by atoms with Crippen molar-refractivity contribution < 1.29 is 8.42 Å². The Morgan fingerprint density at radius 2 is 2.04 bits per heavy atom. The van der Waals surface area contributed by atoms with Gasteiger partial charge in [0.2, 0.25) is 10.0 Å². The first kappa shape index (κ1) is 23.8. The summed E-state index contributed by atoms with van der Waals surface area (Å²) in [4.78, 5) is 4.48. The van der Waals surface area contributed by atoms with Crippen LogP contribution in [0.2, 0.25) is 5.02 Å². The average Bonchev–Trinajstić information content (AvgIpc) is 2.51. The van der Waals surface area contributed by atoms with E-state index in [1.807, 2.05) is 13.2 Å². The number of rotatable bonds is 9. The summed E-state index contributed by atoms with van der Waals surface area (Å²) >= 11 is 7.56. The highest BCUT2D eigenvalue weighted by Gasteiger charge is 2.13. The predicted octanol–water partition coefficient (Wildman–Crippen LogP) is 2.15. The molecule has 0 aliphatic carbocycles. The van der Waals surface area contributed by atoms with E-state index >= 15 is 0 Å². The molecule has 1 aromatic rings. The SMILES string of the molecule is CCNC(=NCCNS(=O)(=O)c1cccc(Cl)c1)NCCSC.I. The monoisotopic (exact) mass is 506 g/mol. The molecule has 0 fully saturated rings. The van der Waals surface area contributed by atoms with Gasteiger partial charge < -0.3 is 10.6 Å². The summed E-state index contributed by atoms with van der Waals surface area (Å²) in [5.74, 6) is 1.66. The van der Waals surface area contributed by atoms with E-state index < -0.39 is 10.0 Å². The van der Waals surface area contributed by atoms with Gasteiger partial charge >= 0.3 is 0 Å². The van der Waals surface area contributed by atoms with Crippen molar-refractivity contribution >= 4 is 63.3 Å². The lowest BCUT2D eigenvalue weighted by atomic mass is 10.4. The Labute approximate surface area is 170 Å². The zero-order valence-electron chi connectivity index (χ0n) is 13.7. The highest BCUT2D eigenvalue weighted by Crippen LogP contribution is 2.14. The van der Waals surface area contributed by atoms with E-state index in [1.165, 1.54) is 12.1 Å². The Bertz CT molecular complexity index is 615. The summed E-state index contributed by atoms with van der Waals surface area (Å²) in [6.45, 7) is 4.09.